The molecule has 0 aliphatic rings. The molecule has 0 saturated carbocycles. The van der Waals surface area contributed by atoms with Crippen LogP contribution in [0.15, 0.2) is 60.8 Å². The maximum Gasteiger partial charge on any atom is 0.246 e. The van der Waals surface area contributed by atoms with Crippen LogP contribution in [0, 0.1) is 5.92 Å². The lowest BCUT2D eigenvalue weighted by Gasteiger charge is -2.23. The molecule has 1 heterocycles. The Hall–Kier alpha value is -3.65. The largest absolute Gasteiger partial charge is 0.497 e. The molecular formula is C25H30N4O4. The van der Waals surface area contributed by atoms with Crippen LogP contribution >= 0.6 is 0 Å². The van der Waals surface area contributed by atoms with Gasteiger partial charge in [0.1, 0.15) is 12.3 Å². The Morgan fingerprint density at radius 1 is 1.06 bits per heavy atom. The van der Waals surface area contributed by atoms with Crippen molar-refractivity contribution in [2.45, 2.75) is 13.8 Å². The average Bonchev–Trinajstić information content (AvgIpc) is 3.25. The van der Waals surface area contributed by atoms with Crippen LogP contribution < -0.4 is 10.1 Å². The molecule has 0 saturated heterocycles. The summed E-state index contributed by atoms with van der Waals surface area (Å²) < 4.78 is 12.2. The number of benzene rings is 2. The number of nitrogens with zero attached hydrogens (tertiary/aromatic N) is 3. The van der Waals surface area contributed by atoms with E-state index >= 15 is 0 Å². The van der Waals surface area contributed by atoms with Gasteiger partial charge in [0.2, 0.25) is 17.8 Å². The van der Waals surface area contributed by atoms with Crippen molar-refractivity contribution in [2.24, 2.45) is 5.92 Å². The SMILES string of the molecule is COCCN(CC(=O)Nc1nc(-c2ccccc2)cn1-c1ccc(OC)cc1)C(=O)C(C)C. The number of carbonyl (C=O) groups excluding carboxylic acids is 2. The first-order chi connectivity index (χ1) is 15.9. The highest BCUT2D eigenvalue weighted by Gasteiger charge is 2.21. The number of rotatable bonds is 10. The van der Waals surface area contributed by atoms with E-state index in [-0.39, 0.29) is 24.3 Å². The molecular weight excluding hydrogens is 420 g/mol. The minimum absolute atomic E-state index is 0.0868. The van der Waals surface area contributed by atoms with Crippen LogP contribution in [0.5, 0.6) is 5.75 Å². The van der Waals surface area contributed by atoms with Gasteiger partial charge in [-0.25, -0.2) is 4.98 Å². The molecule has 0 unspecified atom stereocenters. The van der Waals surface area contributed by atoms with Crippen molar-refractivity contribution in [3.8, 4) is 22.7 Å². The summed E-state index contributed by atoms with van der Waals surface area (Å²) in [7, 11) is 3.17. The minimum Gasteiger partial charge on any atom is -0.497 e. The van der Waals surface area contributed by atoms with E-state index in [0.29, 0.717) is 19.1 Å². The number of hydrogen-bond donors (Lipinski definition) is 1. The number of imidazole rings is 1. The molecule has 0 radical (unpaired) electrons. The monoisotopic (exact) mass is 450 g/mol. The number of aromatic nitrogens is 2. The van der Waals surface area contributed by atoms with Gasteiger partial charge < -0.3 is 14.4 Å². The number of nitrogens with one attached hydrogen (secondary N) is 1. The Morgan fingerprint density at radius 3 is 2.36 bits per heavy atom. The van der Waals surface area contributed by atoms with E-state index in [1.165, 1.54) is 4.90 Å². The zero-order chi connectivity index (χ0) is 23.8. The van der Waals surface area contributed by atoms with Crippen molar-refractivity contribution >= 4 is 17.8 Å². The third-order valence-corrected chi connectivity index (χ3v) is 5.08. The van der Waals surface area contributed by atoms with Crippen molar-refractivity contribution in [2.75, 3.05) is 39.2 Å². The minimum atomic E-state index is -0.333. The molecule has 0 fully saturated rings. The van der Waals surface area contributed by atoms with E-state index in [2.05, 4.69) is 10.3 Å². The molecule has 0 spiro atoms. The highest BCUT2D eigenvalue weighted by atomic mass is 16.5. The van der Waals surface area contributed by atoms with Crippen molar-refractivity contribution in [3.63, 3.8) is 0 Å². The van der Waals surface area contributed by atoms with Crippen molar-refractivity contribution in [3.05, 3.63) is 60.8 Å². The highest BCUT2D eigenvalue weighted by Crippen LogP contribution is 2.25. The molecule has 3 aromatic rings. The Labute approximate surface area is 194 Å². The molecule has 3 rings (SSSR count). The van der Waals surface area contributed by atoms with Gasteiger partial charge in [0.25, 0.3) is 0 Å². The van der Waals surface area contributed by atoms with E-state index in [1.807, 2.05) is 79.2 Å². The Kier molecular flexibility index (Phi) is 8.21. The maximum absolute atomic E-state index is 12.9. The lowest BCUT2D eigenvalue weighted by atomic mass is 10.2. The Balaban J connectivity index is 1.88. The van der Waals surface area contributed by atoms with Gasteiger partial charge in [-0.15, -0.1) is 0 Å². The van der Waals surface area contributed by atoms with Crippen LogP contribution in [-0.2, 0) is 14.3 Å². The molecule has 0 aliphatic heterocycles. The van der Waals surface area contributed by atoms with Gasteiger partial charge in [-0.05, 0) is 24.3 Å². The van der Waals surface area contributed by atoms with Gasteiger partial charge in [0, 0.05) is 37.0 Å². The van der Waals surface area contributed by atoms with Crippen molar-refractivity contribution in [1.29, 1.82) is 0 Å². The molecule has 2 aromatic carbocycles. The second kappa shape index (κ2) is 11.3. The normalized spacial score (nSPS) is 10.8. The van der Waals surface area contributed by atoms with Crippen LogP contribution in [0.3, 0.4) is 0 Å². The summed E-state index contributed by atoms with van der Waals surface area (Å²) in [6.45, 7) is 4.22. The first-order valence-corrected chi connectivity index (χ1v) is 10.8. The molecule has 1 N–H and O–H groups in total. The average molecular weight is 451 g/mol. The van der Waals surface area contributed by atoms with E-state index in [1.54, 1.807) is 14.2 Å². The quantitative estimate of drug-likeness (QED) is 0.510. The summed E-state index contributed by atoms with van der Waals surface area (Å²) in [4.78, 5) is 31.6. The zero-order valence-corrected chi connectivity index (χ0v) is 19.4. The molecule has 8 nitrogen and oxygen atoms in total. The molecule has 33 heavy (non-hydrogen) atoms. The van der Waals surface area contributed by atoms with Gasteiger partial charge >= 0.3 is 0 Å². The lowest BCUT2D eigenvalue weighted by Crippen LogP contribution is -2.42. The Morgan fingerprint density at radius 2 is 1.76 bits per heavy atom. The smallest absolute Gasteiger partial charge is 0.246 e. The molecule has 1 aromatic heterocycles. The highest BCUT2D eigenvalue weighted by molar-refractivity contribution is 5.94. The van der Waals surface area contributed by atoms with E-state index in [9.17, 15) is 9.59 Å². The molecule has 2 amide bonds. The van der Waals surface area contributed by atoms with Crippen LogP contribution in [0.4, 0.5) is 5.95 Å². The van der Waals surface area contributed by atoms with Crippen LogP contribution in [0.25, 0.3) is 16.9 Å². The maximum atomic E-state index is 12.9. The van der Waals surface area contributed by atoms with E-state index < -0.39 is 0 Å². The van der Waals surface area contributed by atoms with Crippen LogP contribution in [0.1, 0.15) is 13.8 Å². The third-order valence-electron chi connectivity index (χ3n) is 5.08. The molecule has 8 heteroatoms. The number of anilines is 1. The predicted octanol–water partition coefficient (Wildman–Crippen LogP) is 3.62. The van der Waals surface area contributed by atoms with Gasteiger partial charge in [-0.3, -0.25) is 19.5 Å². The van der Waals surface area contributed by atoms with Gasteiger partial charge in [-0.2, -0.15) is 0 Å². The van der Waals surface area contributed by atoms with Crippen molar-refractivity contribution < 1.29 is 19.1 Å². The molecule has 0 aliphatic carbocycles. The molecule has 0 bridgehead atoms. The van der Waals surface area contributed by atoms with E-state index in [0.717, 1.165) is 22.7 Å². The topological polar surface area (TPSA) is 85.7 Å². The number of methoxy groups -OCH3 is 2. The Bertz CT molecular complexity index is 1060. The summed E-state index contributed by atoms with van der Waals surface area (Å²) in [6, 6.07) is 17.2. The number of carbonyl (C=O) groups is 2. The van der Waals surface area contributed by atoms with Crippen LogP contribution in [0.2, 0.25) is 0 Å². The van der Waals surface area contributed by atoms with Crippen LogP contribution in [-0.4, -0.2) is 60.2 Å². The van der Waals surface area contributed by atoms with Gasteiger partial charge in [0.05, 0.1) is 19.4 Å². The number of amides is 2. The standard InChI is InChI=1S/C25H30N4O4/c1-18(2)24(31)28(14-15-32-3)17-23(30)27-25-26-22(19-8-6-5-7-9-19)16-29(25)20-10-12-21(33-4)13-11-20/h5-13,16,18H,14-15,17H2,1-4H3,(H,26,27,30). The first kappa shape index (κ1) is 24.0. The first-order valence-electron chi connectivity index (χ1n) is 10.8. The fraction of sp³-hybridized carbons (Fsp3) is 0.320. The second-order valence-corrected chi connectivity index (χ2v) is 7.84. The zero-order valence-electron chi connectivity index (χ0n) is 19.4. The fourth-order valence-corrected chi connectivity index (χ4v) is 3.33. The summed E-state index contributed by atoms with van der Waals surface area (Å²) in [5.74, 6) is 0.438. The summed E-state index contributed by atoms with van der Waals surface area (Å²) in [6.07, 6.45) is 1.87. The van der Waals surface area contributed by atoms with Crippen molar-refractivity contribution in [1.82, 2.24) is 14.5 Å². The number of ether oxygens (including phenoxy) is 2. The molecule has 0 atom stereocenters. The van der Waals surface area contributed by atoms with Gasteiger partial charge in [-0.1, -0.05) is 44.2 Å². The molecule has 174 valence electrons. The summed E-state index contributed by atoms with van der Waals surface area (Å²) in [5.41, 5.74) is 2.46. The fourth-order valence-electron chi connectivity index (χ4n) is 3.33. The summed E-state index contributed by atoms with van der Waals surface area (Å²) in [5, 5.41) is 2.88. The predicted molar refractivity (Wildman–Crippen MR) is 127 cm³/mol. The summed E-state index contributed by atoms with van der Waals surface area (Å²) >= 11 is 0. The lowest BCUT2D eigenvalue weighted by molar-refractivity contribution is -0.138. The third kappa shape index (κ3) is 6.20. The van der Waals surface area contributed by atoms with E-state index in [4.69, 9.17) is 9.47 Å². The second-order valence-electron chi connectivity index (χ2n) is 7.84. The number of hydrogen-bond acceptors (Lipinski definition) is 5. The van der Waals surface area contributed by atoms with Gasteiger partial charge in [0.15, 0.2) is 0 Å².